The number of piperazine rings is 1. The van der Waals surface area contributed by atoms with Crippen LogP contribution in [0.4, 0.5) is 0 Å². The van der Waals surface area contributed by atoms with E-state index >= 15 is 0 Å². The fourth-order valence-electron chi connectivity index (χ4n) is 2.92. The molecule has 17 heavy (non-hydrogen) atoms. The molecule has 3 heteroatoms. The molecule has 0 bridgehead atoms. The molecule has 0 aromatic heterocycles. The quantitative estimate of drug-likeness (QED) is 0.814. The normalized spacial score (nSPS) is 26.1. The van der Waals surface area contributed by atoms with Crippen LogP contribution in [-0.4, -0.2) is 54.1 Å². The number of likely N-dealkylation sites (N-methyl/N-ethyl adjacent to an activating group) is 1. The molecule has 0 spiro atoms. The Bertz CT molecular complexity index is 250. The van der Waals surface area contributed by atoms with E-state index in [0.29, 0.717) is 5.92 Å². The van der Waals surface area contributed by atoms with Crippen LogP contribution >= 0.6 is 0 Å². The number of rotatable bonds is 4. The van der Waals surface area contributed by atoms with Gasteiger partial charge in [0, 0.05) is 37.3 Å². The summed E-state index contributed by atoms with van der Waals surface area (Å²) in [6, 6.07) is 0. The number of hydrogen-bond acceptors (Lipinski definition) is 3. The van der Waals surface area contributed by atoms with Crippen molar-refractivity contribution >= 4 is 0 Å². The molecule has 1 saturated heterocycles. The lowest BCUT2D eigenvalue weighted by Crippen LogP contribution is -2.65. The molecule has 1 aliphatic heterocycles. The fraction of sp³-hybridized carbons (Fsp3) is 1.00. The lowest BCUT2D eigenvalue weighted by molar-refractivity contribution is -0.0225. The Kier molecular flexibility index (Phi) is 4.61. The molecular weight excluding hydrogens is 210 g/mol. The van der Waals surface area contributed by atoms with E-state index in [0.717, 1.165) is 26.2 Å². The molecule has 1 rings (SSSR count). The summed E-state index contributed by atoms with van der Waals surface area (Å²) >= 11 is 0. The van der Waals surface area contributed by atoms with Gasteiger partial charge in [0.15, 0.2) is 0 Å². The lowest BCUT2D eigenvalue weighted by Gasteiger charge is -2.52. The predicted molar refractivity (Wildman–Crippen MR) is 75.2 cm³/mol. The van der Waals surface area contributed by atoms with Crippen LogP contribution in [0.1, 0.15) is 41.0 Å². The first-order valence-corrected chi connectivity index (χ1v) is 6.87. The Hall–Kier alpha value is -0.120. The molecule has 1 fully saturated rings. The maximum absolute atomic E-state index is 6.05. The highest BCUT2D eigenvalue weighted by Crippen LogP contribution is 2.29. The summed E-state index contributed by atoms with van der Waals surface area (Å²) in [5, 5.41) is 0. The van der Waals surface area contributed by atoms with Gasteiger partial charge in [-0.05, 0) is 40.2 Å². The Morgan fingerprint density at radius 2 is 1.88 bits per heavy atom. The maximum atomic E-state index is 6.05. The average molecular weight is 241 g/mol. The van der Waals surface area contributed by atoms with Crippen LogP contribution in [0.2, 0.25) is 0 Å². The summed E-state index contributed by atoms with van der Waals surface area (Å²) in [6.45, 7) is 15.7. The third-order valence-corrected chi connectivity index (χ3v) is 4.37. The van der Waals surface area contributed by atoms with E-state index in [4.69, 9.17) is 5.73 Å². The molecular formula is C14H31N3. The molecule has 0 radical (unpaired) electrons. The van der Waals surface area contributed by atoms with E-state index < -0.39 is 0 Å². The molecule has 2 N–H and O–H groups in total. The largest absolute Gasteiger partial charge is 0.329 e. The molecule has 0 amide bonds. The van der Waals surface area contributed by atoms with Crippen molar-refractivity contribution in [3.05, 3.63) is 0 Å². The topological polar surface area (TPSA) is 32.5 Å². The SMILES string of the molecule is CC(C)CC(C)(CN)N1CCN(C)C(C)(C)C1. The Labute approximate surface area is 107 Å². The highest BCUT2D eigenvalue weighted by Gasteiger charge is 2.39. The Balaban J connectivity index is 2.77. The van der Waals surface area contributed by atoms with E-state index in [2.05, 4.69) is 51.5 Å². The van der Waals surface area contributed by atoms with Crippen molar-refractivity contribution in [2.45, 2.75) is 52.1 Å². The molecule has 0 aliphatic carbocycles. The van der Waals surface area contributed by atoms with Crippen molar-refractivity contribution in [3.63, 3.8) is 0 Å². The second kappa shape index (κ2) is 5.25. The predicted octanol–water partition coefficient (Wildman–Crippen LogP) is 1.78. The summed E-state index contributed by atoms with van der Waals surface area (Å²) in [5.41, 5.74) is 6.47. The third-order valence-electron chi connectivity index (χ3n) is 4.37. The number of nitrogens with zero attached hydrogens (tertiary/aromatic N) is 2. The van der Waals surface area contributed by atoms with Crippen LogP contribution in [0.15, 0.2) is 0 Å². The van der Waals surface area contributed by atoms with Gasteiger partial charge in [-0.1, -0.05) is 13.8 Å². The molecule has 102 valence electrons. The molecule has 1 atom stereocenters. The minimum atomic E-state index is 0.159. The van der Waals surface area contributed by atoms with Crippen LogP contribution in [0.25, 0.3) is 0 Å². The molecule has 3 nitrogen and oxygen atoms in total. The van der Waals surface area contributed by atoms with Crippen molar-refractivity contribution in [1.82, 2.24) is 9.80 Å². The third kappa shape index (κ3) is 3.43. The summed E-state index contributed by atoms with van der Waals surface area (Å²) < 4.78 is 0. The highest BCUT2D eigenvalue weighted by molar-refractivity contribution is 4.97. The van der Waals surface area contributed by atoms with Gasteiger partial charge in [-0.2, -0.15) is 0 Å². The van der Waals surface area contributed by atoms with Gasteiger partial charge < -0.3 is 5.73 Å². The van der Waals surface area contributed by atoms with Gasteiger partial charge in [0.2, 0.25) is 0 Å². The van der Waals surface area contributed by atoms with E-state index in [1.165, 1.54) is 6.42 Å². The first-order valence-electron chi connectivity index (χ1n) is 6.87. The van der Waals surface area contributed by atoms with Crippen LogP contribution < -0.4 is 5.73 Å². The van der Waals surface area contributed by atoms with Gasteiger partial charge in [-0.15, -0.1) is 0 Å². The second-order valence-electron chi connectivity index (χ2n) is 6.95. The summed E-state index contributed by atoms with van der Waals surface area (Å²) in [6.07, 6.45) is 1.18. The monoisotopic (exact) mass is 241 g/mol. The van der Waals surface area contributed by atoms with Gasteiger partial charge in [0.05, 0.1) is 0 Å². The fourth-order valence-corrected chi connectivity index (χ4v) is 2.92. The Morgan fingerprint density at radius 3 is 2.29 bits per heavy atom. The van der Waals surface area contributed by atoms with E-state index in [9.17, 15) is 0 Å². The number of nitrogens with two attached hydrogens (primary N) is 1. The minimum absolute atomic E-state index is 0.159. The van der Waals surface area contributed by atoms with E-state index in [-0.39, 0.29) is 11.1 Å². The van der Waals surface area contributed by atoms with Crippen molar-refractivity contribution in [2.24, 2.45) is 11.7 Å². The van der Waals surface area contributed by atoms with Crippen LogP contribution in [-0.2, 0) is 0 Å². The van der Waals surface area contributed by atoms with Crippen LogP contribution in [0.3, 0.4) is 0 Å². The lowest BCUT2D eigenvalue weighted by atomic mass is 9.86. The smallest absolute Gasteiger partial charge is 0.0307 e. The average Bonchev–Trinajstić information content (AvgIpc) is 2.20. The second-order valence-corrected chi connectivity index (χ2v) is 6.95. The van der Waals surface area contributed by atoms with Crippen molar-refractivity contribution < 1.29 is 0 Å². The Morgan fingerprint density at radius 1 is 1.29 bits per heavy atom. The summed E-state index contributed by atoms with van der Waals surface area (Å²) in [4.78, 5) is 5.06. The minimum Gasteiger partial charge on any atom is -0.329 e. The summed E-state index contributed by atoms with van der Waals surface area (Å²) in [7, 11) is 2.22. The first kappa shape index (κ1) is 14.9. The molecule has 1 heterocycles. The van der Waals surface area contributed by atoms with E-state index in [1.807, 2.05) is 0 Å². The van der Waals surface area contributed by atoms with Crippen LogP contribution in [0.5, 0.6) is 0 Å². The van der Waals surface area contributed by atoms with Gasteiger partial charge >= 0.3 is 0 Å². The first-order chi connectivity index (χ1) is 7.71. The van der Waals surface area contributed by atoms with Crippen molar-refractivity contribution in [3.8, 4) is 0 Å². The van der Waals surface area contributed by atoms with Gasteiger partial charge in [-0.25, -0.2) is 0 Å². The van der Waals surface area contributed by atoms with Gasteiger partial charge in [0.1, 0.15) is 0 Å². The van der Waals surface area contributed by atoms with Crippen molar-refractivity contribution in [2.75, 3.05) is 33.2 Å². The standard InChI is InChI=1S/C14H31N3/c1-12(2)9-14(5,10-15)17-8-7-16(6)13(3,4)11-17/h12H,7-11,15H2,1-6H3. The van der Waals surface area contributed by atoms with Gasteiger partial charge in [-0.3, -0.25) is 9.80 Å². The summed E-state index contributed by atoms with van der Waals surface area (Å²) in [5.74, 6) is 0.700. The van der Waals surface area contributed by atoms with E-state index in [1.54, 1.807) is 0 Å². The molecule has 1 aliphatic rings. The molecule has 0 saturated carbocycles. The molecule has 1 unspecified atom stereocenters. The van der Waals surface area contributed by atoms with Gasteiger partial charge in [0.25, 0.3) is 0 Å². The molecule has 0 aromatic rings. The molecule has 0 aromatic carbocycles. The maximum Gasteiger partial charge on any atom is 0.0307 e. The van der Waals surface area contributed by atoms with Crippen LogP contribution in [0, 0.1) is 5.92 Å². The van der Waals surface area contributed by atoms with Crippen molar-refractivity contribution in [1.29, 1.82) is 0 Å². The highest BCUT2D eigenvalue weighted by atomic mass is 15.3. The zero-order valence-corrected chi connectivity index (χ0v) is 12.6. The zero-order chi connectivity index (χ0) is 13.3. The number of hydrogen-bond donors (Lipinski definition) is 1. The zero-order valence-electron chi connectivity index (χ0n) is 12.6.